The van der Waals surface area contributed by atoms with E-state index in [1.54, 1.807) is 42.5 Å². The molecule has 0 unspecified atom stereocenters. The van der Waals surface area contributed by atoms with Crippen molar-refractivity contribution < 1.29 is 29.1 Å². The summed E-state index contributed by atoms with van der Waals surface area (Å²) in [5.41, 5.74) is 9.65. The van der Waals surface area contributed by atoms with Crippen LogP contribution in [-0.2, 0) is 16.0 Å². The summed E-state index contributed by atoms with van der Waals surface area (Å²) < 4.78 is 13.6. The number of carbonyl (C=O) groups is 3. The standard InChI is InChI=1S/C26H28FN5O5/c27-21-4-2-1-3-18(21)13-14-29-15-22(33)30-20-11-9-17(10-12-20)16-5-7-19(8-6-16)25(35)31-23(24(28)34)26(36)32-37/h1-12,23-24,29,34,37H,13-15,28H2,(H,30,33)(H,31,35)(H,32,36)/t23-,24-/m0/s1. The van der Waals surface area contributed by atoms with Gasteiger partial charge in [-0.15, -0.1) is 0 Å². The third-order valence-corrected chi connectivity index (χ3v) is 5.48. The summed E-state index contributed by atoms with van der Waals surface area (Å²) >= 11 is 0. The van der Waals surface area contributed by atoms with E-state index in [-0.39, 0.29) is 23.8 Å². The third kappa shape index (κ3) is 7.92. The highest BCUT2D eigenvalue weighted by Crippen LogP contribution is 2.22. The zero-order valence-corrected chi connectivity index (χ0v) is 19.8. The lowest BCUT2D eigenvalue weighted by Gasteiger charge is -2.19. The molecule has 8 N–H and O–H groups in total. The first-order valence-electron chi connectivity index (χ1n) is 11.4. The molecule has 0 radical (unpaired) electrons. The van der Waals surface area contributed by atoms with Crippen LogP contribution < -0.4 is 27.2 Å². The van der Waals surface area contributed by atoms with Crippen LogP contribution in [0, 0.1) is 5.82 Å². The lowest BCUT2D eigenvalue weighted by Crippen LogP contribution is -2.55. The monoisotopic (exact) mass is 509 g/mol. The van der Waals surface area contributed by atoms with Crippen molar-refractivity contribution in [2.24, 2.45) is 5.73 Å². The Morgan fingerprint density at radius 1 is 0.919 bits per heavy atom. The maximum Gasteiger partial charge on any atom is 0.270 e. The maximum absolute atomic E-state index is 13.6. The van der Waals surface area contributed by atoms with Gasteiger partial charge >= 0.3 is 0 Å². The molecule has 37 heavy (non-hydrogen) atoms. The van der Waals surface area contributed by atoms with Crippen molar-refractivity contribution in [2.75, 3.05) is 18.4 Å². The molecule has 3 amide bonds. The van der Waals surface area contributed by atoms with Crippen LogP contribution in [0.1, 0.15) is 15.9 Å². The summed E-state index contributed by atoms with van der Waals surface area (Å²) in [5, 5.41) is 26.2. The number of carbonyl (C=O) groups excluding carboxylic acids is 3. The van der Waals surface area contributed by atoms with Crippen molar-refractivity contribution in [1.82, 2.24) is 16.1 Å². The molecule has 2 atom stereocenters. The molecule has 0 aliphatic carbocycles. The number of amides is 3. The van der Waals surface area contributed by atoms with E-state index < -0.39 is 24.1 Å². The van der Waals surface area contributed by atoms with Crippen molar-refractivity contribution >= 4 is 23.4 Å². The van der Waals surface area contributed by atoms with E-state index in [0.29, 0.717) is 24.2 Å². The molecule has 0 fully saturated rings. The largest absolute Gasteiger partial charge is 0.376 e. The molecule has 0 bridgehead atoms. The molecule has 0 aromatic heterocycles. The van der Waals surface area contributed by atoms with Gasteiger partial charge in [0.15, 0.2) is 0 Å². The molecule has 0 saturated heterocycles. The quantitative estimate of drug-likeness (QED) is 0.0881. The number of hydroxylamine groups is 1. The Balaban J connectivity index is 1.50. The van der Waals surface area contributed by atoms with Crippen molar-refractivity contribution in [3.63, 3.8) is 0 Å². The number of nitrogens with one attached hydrogen (secondary N) is 4. The Hall–Kier alpha value is -4.16. The van der Waals surface area contributed by atoms with E-state index in [2.05, 4.69) is 16.0 Å². The van der Waals surface area contributed by atoms with Crippen LogP contribution in [0.5, 0.6) is 0 Å². The first-order chi connectivity index (χ1) is 17.8. The number of benzene rings is 3. The minimum absolute atomic E-state index is 0.0851. The predicted octanol–water partition coefficient (Wildman–Crippen LogP) is 1.14. The zero-order valence-electron chi connectivity index (χ0n) is 19.8. The third-order valence-electron chi connectivity index (χ3n) is 5.48. The first kappa shape index (κ1) is 27.4. The Labute approximate surface area is 212 Å². The summed E-state index contributed by atoms with van der Waals surface area (Å²) in [7, 11) is 0. The molecule has 3 aromatic carbocycles. The van der Waals surface area contributed by atoms with E-state index in [0.717, 1.165) is 11.1 Å². The van der Waals surface area contributed by atoms with Crippen LogP contribution in [0.2, 0.25) is 0 Å². The number of hydrogen-bond acceptors (Lipinski definition) is 7. The lowest BCUT2D eigenvalue weighted by molar-refractivity contribution is -0.133. The van der Waals surface area contributed by atoms with Crippen LogP contribution >= 0.6 is 0 Å². The molecule has 0 heterocycles. The summed E-state index contributed by atoms with van der Waals surface area (Å²) in [6.45, 7) is 0.547. The van der Waals surface area contributed by atoms with Crippen molar-refractivity contribution in [1.29, 1.82) is 0 Å². The van der Waals surface area contributed by atoms with Gasteiger partial charge in [-0.2, -0.15) is 0 Å². The van der Waals surface area contributed by atoms with Crippen LogP contribution in [0.15, 0.2) is 72.8 Å². The fraction of sp³-hybridized carbons (Fsp3) is 0.192. The minimum atomic E-state index is -1.70. The number of rotatable bonds is 11. The maximum atomic E-state index is 13.6. The van der Waals surface area contributed by atoms with Crippen LogP contribution in [0.25, 0.3) is 11.1 Å². The average molecular weight is 510 g/mol. The number of anilines is 1. The average Bonchev–Trinajstić information content (AvgIpc) is 2.90. The van der Waals surface area contributed by atoms with E-state index >= 15 is 0 Å². The number of halogens is 1. The van der Waals surface area contributed by atoms with Crippen molar-refractivity contribution in [3.8, 4) is 11.1 Å². The highest BCUT2D eigenvalue weighted by Gasteiger charge is 2.26. The molecule has 11 heteroatoms. The highest BCUT2D eigenvalue weighted by atomic mass is 19.1. The fourth-order valence-electron chi connectivity index (χ4n) is 3.49. The Morgan fingerprint density at radius 2 is 1.54 bits per heavy atom. The zero-order chi connectivity index (χ0) is 26.8. The van der Waals surface area contributed by atoms with Gasteiger partial charge in [-0.25, -0.2) is 9.87 Å². The topological polar surface area (TPSA) is 166 Å². The number of aliphatic hydroxyl groups is 1. The smallest absolute Gasteiger partial charge is 0.270 e. The molecule has 194 valence electrons. The predicted molar refractivity (Wildman–Crippen MR) is 135 cm³/mol. The van der Waals surface area contributed by atoms with E-state index in [9.17, 15) is 23.9 Å². The summed E-state index contributed by atoms with van der Waals surface area (Å²) in [6.07, 6.45) is -1.23. The van der Waals surface area contributed by atoms with Gasteiger partial charge in [0, 0.05) is 11.3 Å². The van der Waals surface area contributed by atoms with Gasteiger partial charge in [0.05, 0.1) is 6.54 Å². The summed E-state index contributed by atoms with van der Waals surface area (Å²) in [6, 6.07) is 18.6. The molecule has 0 aliphatic heterocycles. The summed E-state index contributed by atoms with van der Waals surface area (Å²) in [4.78, 5) is 36.1. The number of nitrogens with two attached hydrogens (primary N) is 1. The van der Waals surface area contributed by atoms with E-state index in [1.165, 1.54) is 23.7 Å². The van der Waals surface area contributed by atoms with Gasteiger partial charge in [0.25, 0.3) is 11.8 Å². The normalized spacial score (nSPS) is 12.3. The van der Waals surface area contributed by atoms with Crippen LogP contribution in [0.3, 0.4) is 0 Å². The second-order valence-electron chi connectivity index (χ2n) is 8.14. The lowest BCUT2D eigenvalue weighted by atomic mass is 10.0. The second kappa shape index (κ2) is 13.2. The molecular formula is C26H28FN5O5. The minimum Gasteiger partial charge on any atom is -0.376 e. The van der Waals surface area contributed by atoms with Gasteiger partial charge in [-0.05, 0) is 60.0 Å². The Kier molecular flexibility index (Phi) is 9.81. The SMILES string of the molecule is N[C@@H](O)[C@H](NC(=O)c1ccc(-c2ccc(NC(=O)CNCCc3ccccc3F)cc2)cc1)C(=O)NO. The fourth-order valence-corrected chi connectivity index (χ4v) is 3.49. The molecule has 0 spiro atoms. The van der Waals surface area contributed by atoms with Gasteiger partial charge in [-0.3, -0.25) is 19.6 Å². The van der Waals surface area contributed by atoms with Crippen molar-refractivity contribution in [3.05, 3.63) is 89.7 Å². The van der Waals surface area contributed by atoms with Gasteiger partial charge in [-0.1, -0.05) is 42.5 Å². The first-order valence-corrected chi connectivity index (χ1v) is 11.4. The van der Waals surface area contributed by atoms with Crippen molar-refractivity contribution in [2.45, 2.75) is 18.7 Å². The molecule has 10 nitrogen and oxygen atoms in total. The van der Waals surface area contributed by atoms with Gasteiger partial charge in [0.2, 0.25) is 5.91 Å². The van der Waals surface area contributed by atoms with Crippen LogP contribution in [0.4, 0.5) is 10.1 Å². The molecule has 3 rings (SSSR count). The van der Waals surface area contributed by atoms with Gasteiger partial charge < -0.3 is 26.8 Å². The summed E-state index contributed by atoms with van der Waals surface area (Å²) in [5.74, 6) is -2.21. The van der Waals surface area contributed by atoms with E-state index in [1.807, 2.05) is 12.1 Å². The van der Waals surface area contributed by atoms with E-state index in [4.69, 9.17) is 10.9 Å². The molecule has 0 aliphatic rings. The number of hydrogen-bond donors (Lipinski definition) is 7. The molecular weight excluding hydrogens is 481 g/mol. The Morgan fingerprint density at radius 3 is 2.14 bits per heavy atom. The molecule has 0 saturated carbocycles. The van der Waals surface area contributed by atoms with Crippen LogP contribution in [-0.4, -0.2) is 53.4 Å². The molecule has 3 aromatic rings. The second-order valence-corrected chi connectivity index (χ2v) is 8.14. The highest BCUT2D eigenvalue weighted by molar-refractivity contribution is 5.98. The van der Waals surface area contributed by atoms with Gasteiger partial charge in [0.1, 0.15) is 18.1 Å². The number of aliphatic hydroxyl groups excluding tert-OH is 1. The Bertz CT molecular complexity index is 1220.